The zero-order valence-electron chi connectivity index (χ0n) is 25.8. The van der Waals surface area contributed by atoms with Crippen LogP contribution in [0.25, 0.3) is 11.3 Å². The molecule has 0 bridgehead atoms. The van der Waals surface area contributed by atoms with Crippen LogP contribution in [0.5, 0.6) is 5.75 Å². The van der Waals surface area contributed by atoms with Crippen LogP contribution in [0.4, 0.5) is 16.4 Å². The van der Waals surface area contributed by atoms with Crippen LogP contribution in [0.3, 0.4) is 0 Å². The number of hydrogen-bond donors (Lipinski definition) is 2. The van der Waals surface area contributed by atoms with Crippen LogP contribution in [-0.4, -0.2) is 96.5 Å². The first-order chi connectivity index (χ1) is 20.6. The number of carbonyl (C=O) groups excluding carboxylic acids is 1. The molecule has 1 spiro atoms. The third-order valence-corrected chi connectivity index (χ3v) is 9.22. The molecule has 43 heavy (non-hydrogen) atoms. The predicted octanol–water partition coefficient (Wildman–Crippen LogP) is 3.16. The van der Waals surface area contributed by atoms with E-state index in [1.807, 2.05) is 33.8 Å². The molecule has 0 aliphatic carbocycles. The summed E-state index contributed by atoms with van der Waals surface area (Å²) >= 11 is 0. The van der Waals surface area contributed by atoms with Gasteiger partial charge in [-0.1, -0.05) is 0 Å². The van der Waals surface area contributed by atoms with Gasteiger partial charge in [-0.15, -0.1) is 0 Å². The maximum atomic E-state index is 12.6. The minimum atomic E-state index is -0.569. The zero-order valence-corrected chi connectivity index (χ0v) is 25.8. The zero-order chi connectivity index (χ0) is 30.4. The number of aliphatic hydroxyl groups is 1. The van der Waals surface area contributed by atoms with E-state index in [0.717, 1.165) is 43.8 Å². The Morgan fingerprint density at radius 2 is 2.02 bits per heavy atom. The van der Waals surface area contributed by atoms with Crippen LogP contribution in [-0.2, 0) is 20.8 Å². The molecule has 6 heterocycles. The van der Waals surface area contributed by atoms with Gasteiger partial charge in [0.1, 0.15) is 17.9 Å². The summed E-state index contributed by atoms with van der Waals surface area (Å²) in [5.74, 6) is 2.66. The van der Waals surface area contributed by atoms with Gasteiger partial charge in [-0.05, 0) is 53.0 Å². The molecule has 0 aromatic carbocycles. The molecule has 6 rings (SSSR count). The highest BCUT2D eigenvalue weighted by Gasteiger charge is 2.51. The fourth-order valence-corrected chi connectivity index (χ4v) is 7.18. The van der Waals surface area contributed by atoms with E-state index in [9.17, 15) is 9.90 Å². The lowest BCUT2D eigenvalue weighted by atomic mass is 9.73. The minimum Gasteiger partial charge on any atom is -0.487 e. The molecule has 0 radical (unpaired) electrons. The molecule has 12 nitrogen and oxygen atoms in total. The summed E-state index contributed by atoms with van der Waals surface area (Å²) in [6, 6.07) is 2.04. The standard InChI is InChI=1S/C31H44N6O6/c1-19-26(35-29(39)43-30(2,3)4)31(18-42-19)7-10-36(11-8-31)27-24(15-38)34-23(13-33-27)22-6-9-32-28-25(22)41-17-21-12-20(16-40-5)14-37(21)28/h6,9,13,19-21,26,38H,7-8,10-12,14-18H2,1-5H3,(H,35,39)/t19-,20-,21-,26+/m0/s1. The lowest BCUT2D eigenvalue weighted by Crippen LogP contribution is -2.55. The lowest BCUT2D eigenvalue weighted by molar-refractivity contribution is 0.0434. The first-order valence-electron chi connectivity index (χ1n) is 15.3. The van der Waals surface area contributed by atoms with Gasteiger partial charge in [0, 0.05) is 49.8 Å². The molecule has 4 atom stereocenters. The Bertz CT molecular complexity index is 1330. The topological polar surface area (TPSA) is 131 Å². The van der Waals surface area contributed by atoms with Gasteiger partial charge in [0.2, 0.25) is 0 Å². The van der Waals surface area contributed by atoms with E-state index in [1.165, 1.54) is 0 Å². The average Bonchev–Trinajstić information content (AvgIpc) is 3.53. The largest absolute Gasteiger partial charge is 0.487 e. The maximum Gasteiger partial charge on any atom is 0.407 e. The Hall–Kier alpha value is -3.22. The normalized spacial score (nSPS) is 26.2. The molecule has 4 aliphatic rings. The van der Waals surface area contributed by atoms with Crippen LogP contribution in [0.1, 0.15) is 52.7 Å². The van der Waals surface area contributed by atoms with Crippen molar-refractivity contribution in [1.82, 2.24) is 20.3 Å². The number of nitrogens with one attached hydrogen (secondary N) is 1. The van der Waals surface area contributed by atoms with Crippen molar-refractivity contribution in [3.05, 3.63) is 24.2 Å². The number of nitrogens with zero attached hydrogens (tertiary/aromatic N) is 5. The Morgan fingerprint density at radius 1 is 1.23 bits per heavy atom. The number of fused-ring (bicyclic) bond motifs is 3. The van der Waals surface area contributed by atoms with E-state index < -0.39 is 11.7 Å². The van der Waals surface area contributed by atoms with Gasteiger partial charge in [-0.25, -0.2) is 19.7 Å². The predicted molar refractivity (Wildman–Crippen MR) is 160 cm³/mol. The Morgan fingerprint density at radius 3 is 2.74 bits per heavy atom. The summed E-state index contributed by atoms with van der Waals surface area (Å²) in [7, 11) is 1.74. The number of aliphatic hydroxyl groups excluding tert-OH is 1. The number of rotatable bonds is 6. The molecule has 0 unspecified atom stereocenters. The first kappa shape index (κ1) is 29.8. The van der Waals surface area contributed by atoms with Crippen molar-refractivity contribution in [3.8, 4) is 17.0 Å². The van der Waals surface area contributed by atoms with Crippen LogP contribution >= 0.6 is 0 Å². The Kier molecular flexibility index (Phi) is 8.12. The molecule has 234 valence electrons. The number of amides is 1. The molecule has 3 saturated heterocycles. The van der Waals surface area contributed by atoms with Gasteiger partial charge in [-0.2, -0.15) is 0 Å². The molecule has 12 heteroatoms. The number of methoxy groups -OCH3 is 1. The van der Waals surface area contributed by atoms with E-state index in [0.29, 0.717) is 55.2 Å². The number of piperidine rings is 1. The molecule has 0 saturated carbocycles. The van der Waals surface area contributed by atoms with E-state index in [2.05, 4.69) is 20.1 Å². The summed E-state index contributed by atoms with van der Waals surface area (Å²) in [4.78, 5) is 31.5. The number of hydrogen-bond acceptors (Lipinski definition) is 11. The fourth-order valence-electron chi connectivity index (χ4n) is 7.18. The second kappa shape index (κ2) is 11.7. The van der Waals surface area contributed by atoms with Gasteiger partial charge >= 0.3 is 6.09 Å². The lowest BCUT2D eigenvalue weighted by Gasteiger charge is -2.43. The molecule has 2 aromatic heterocycles. The van der Waals surface area contributed by atoms with Crippen molar-refractivity contribution >= 4 is 17.7 Å². The molecule has 4 aliphatic heterocycles. The summed E-state index contributed by atoms with van der Waals surface area (Å²) in [5, 5.41) is 13.5. The van der Waals surface area contributed by atoms with Crippen molar-refractivity contribution in [2.45, 2.75) is 77.4 Å². The second-order valence-corrected chi connectivity index (χ2v) is 13.4. The highest BCUT2D eigenvalue weighted by Crippen LogP contribution is 2.45. The molecular weight excluding hydrogens is 552 g/mol. The van der Waals surface area contributed by atoms with Crippen molar-refractivity contribution in [2.75, 3.05) is 56.4 Å². The van der Waals surface area contributed by atoms with Crippen molar-refractivity contribution in [1.29, 1.82) is 0 Å². The minimum absolute atomic E-state index is 0.110. The van der Waals surface area contributed by atoms with Crippen molar-refractivity contribution in [3.63, 3.8) is 0 Å². The summed E-state index contributed by atoms with van der Waals surface area (Å²) in [5.41, 5.74) is 1.22. The number of ether oxygens (including phenoxy) is 4. The van der Waals surface area contributed by atoms with Gasteiger partial charge in [-0.3, -0.25) is 0 Å². The SMILES string of the molecule is COC[C@H]1C[C@H]2COc3c(-c4cnc(N5CCC6(CC5)CO[C@@H](C)[C@H]6NC(=O)OC(C)(C)C)c(CO)n4)ccnc3N2C1. The summed E-state index contributed by atoms with van der Waals surface area (Å²) in [6.07, 6.45) is 5.64. The molecule has 1 amide bonds. The number of carbonyl (C=O) groups is 1. The Balaban J connectivity index is 1.18. The third-order valence-electron chi connectivity index (χ3n) is 9.22. The molecular formula is C31H44N6O6. The van der Waals surface area contributed by atoms with E-state index in [1.54, 1.807) is 19.5 Å². The van der Waals surface area contributed by atoms with Crippen LogP contribution < -0.4 is 19.9 Å². The smallest absolute Gasteiger partial charge is 0.407 e. The second-order valence-electron chi connectivity index (χ2n) is 13.4. The highest BCUT2D eigenvalue weighted by molar-refractivity contribution is 5.75. The maximum absolute atomic E-state index is 12.6. The number of aromatic nitrogens is 3. The first-order valence-corrected chi connectivity index (χ1v) is 15.3. The highest BCUT2D eigenvalue weighted by atomic mass is 16.6. The van der Waals surface area contributed by atoms with E-state index in [4.69, 9.17) is 28.9 Å². The van der Waals surface area contributed by atoms with Crippen LogP contribution in [0.15, 0.2) is 18.5 Å². The quantitative estimate of drug-likeness (QED) is 0.510. The van der Waals surface area contributed by atoms with Gasteiger partial charge < -0.3 is 39.2 Å². The monoisotopic (exact) mass is 596 g/mol. The summed E-state index contributed by atoms with van der Waals surface area (Å²) < 4.78 is 23.2. The Labute approximate surface area is 253 Å². The van der Waals surface area contributed by atoms with Crippen molar-refractivity contribution in [2.24, 2.45) is 11.3 Å². The van der Waals surface area contributed by atoms with Gasteiger partial charge in [0.25, 0.3) is 0 Å². The van der Waals surface area contributed by atoms with Gasteiger partial charge in [0.15, 0.2) is 17.4 Å². The molecule has 3 fully saturated rings. The molecule has 2 N–H and O–H groups in total. The van der Waals surface area contributed by atoms with Gasteiger partial charge in [0.05, 0.1) is 49.9 Å². The fraction of sp³-hybridized carbons (Fsp3) is 0.677. The van der Waals surface area contributed by atoms with Crippen molar-refractivity contribution < 1.29 is 28.8 Å². The number of alkyl carbamates (subject to hydrolysis) is 1. The van der Waals surface area contributed by atoms with E-state index >= 15 is 0 Å². The van der Waals surface area contributed by atoms with Crippen LogP contribution in [0, 0.1) is 11.3 Å². The summed E-state index contributed by atoms with van der Waals surface area (Å²) in [6.45, 7) is 11.5. The third kappa shape index (κ3) is 5.84. The van der Waals surface area contributed by atoms with E-state index in [-0.39, 0.29) is 30.2 Å². The molecule has 2 aromatic rings. The number of anilines is 2. The average molecular weight is 597 g/mol. The number of pyridine rings is 1. The van der Waals surface area contributed by atoms with Crippen LogP contribution in [0.2, 0.25) is 0 Å².